The van der Waals surface area contributed by atoms with Crippen LogP contribution < -0.4 is 4.90 Å². The van der Waals surface area contributed by atoms with E-state index in [1.807, 2.05) is 42.1 Å². The predicted octanol–water partition coefficient (Wildman–Crippen LogP) is 5.92. The number of urea groups is 1. The number of rotatable bonds is 5. The van der Waals surface area contributed by atoms with Crippen molar-refractivity contribution in [3.05, 3.63) is 65.9 Å². The van der Waals surface area contributed by atoms with Crippen molar-refractivity contribution in [2.45, 2.75) is 32.2 Å². The summed E-state index contributed by atoms with van der Waals surface area (Å²) in [5.74, 6) is -1.61. The molecule has 0 atom stereocenters. The summed E-state index contributed by atoms with van der Waals surface area (Å²) >= 11 is 0. The van der Waals surface area contributed by atoms with Crippen molar-refractivity contribution < 1.29 is 22.4 Å². The highest BCUT2D eigenvalue weighted by atomic mass is 19.3. The van der Waals surface area contributed by atoms with Crippen LogP contribution >= 0.6 is 0 Å². The highest BCUT2D eigenvalue weighted by Gasteiger charge is 2.26. The molecule has 5 rings (SSSR count). The normalized spacial score (nSPS) is 14.1. The number of hydrogen-bond acceptors (Lipinski definition) is 4. The summed E-state index contributed by atoms with van der Waals surface area (Å²) in [6.07, 6.45) is 1.99. The minimum atomic E-state index is -2.91. The molecule has 0 unspecified atom stereocenters. The number of halogens is 3. The molecule has 0 N–H and O–H groups in total. The number of carbonyl (C=O) groups excluding carboxylic acids is 1. The van der Waals surface area contributed by atoms with Gasteiger partial charge in [0, 0.05) is 54.1 Å². The first kappa shape index (κ1) is 22.9. The fourth-order valence-corrected chi connectivity index (χ4v) is 4.38. The van der Waals surface area contributed by atoms with E-state index in [0.29, 0.717) is 18.8 Å². The topological polar surface area (TPSA) is 67.4 Å². The van der Waals surface area contributed by atoms with E-state index in [-0.39, 0.29) is 29.6 Å². The molecule has 0 spiro atoms. The van der Waals surface area contributed by atoms with Crippen molar-refractivity contribution in [3.8, 4) is 11.5 Å². The molecule has 1 aliphatic rings. The van der Waals surface area contributed by atoms with Crippen LogP contribution in [0.2, 0.25) is 0 Å². The van der Waals surface area contributed by atoms with E-state index in [9.17, 15) is 13.6 Å². The Morgan fingerprint density at radius 1 is 1.09 bits per heavy atom. The summed E-state index contributed by atoms with van der Waals surface area (Å²) in [5.41, 5.74) is 2.16. The third kappa shape index (κ3) is 4.60. The summed E-state index contributed by atoms with van der Waals surface area (Å²) in [4.78, 5) is 16.9. The van der Waals surface area contributed by atoms with Gasteiger partial charge < -0.3 is 13.9 Å². The number of amides is 2. The third-order valence-electron chi connectivity index (χ3n) is 6.29. The lowest BCUT2D eigenvalue weighted by Gasteiger charge is -2.33. The number of piperidine rings is 1. The van der Waals surface area contributed by atoms with Crippen LogP contribution in [0.25, 0.3) is 22.4 Å². The van der Waals surface area contributed by atoms with Gasteiger partial charge in [-0.1, -0.05) is 6.07 Å². The average Bonchev–Trinajstić information content (AvgIpc) is 3.51. The predicted molar refractivity (Wildman–Crippen MR) is 125 cm³/mol. The van der Waals surface area contributed by atoms with Crippen LogP contribution in [-0.4, -0.2) is 38.8 Å². The number of alkyl halides is 2. The third-order valence-corrected chi connectivity index (χ3v) is 6.29. The van der Waals surface area contributed by atoms with E-state index in [0.717, 1.165) is 36.2 Å². The van der Waals surface area contributed by atoms with Gasteiger partial charge in [-0.15, -0.1) is 10.2 Å². The molecule has 0 saturated carbocycles. The summed E-state index contributed by atoms with van der Waals surface area (Å²) in [6.45, 7) is 1.33. The molecule has 182 valence electrons. The molecule has 2 amide bonds. The molecule has 10 heteroatoms. The highest BCUT2D eigenvalue weighted by Crippen LogP contribution is 2.29. The van der Waals surface area contributed by atoms with Gasteiger partial charge in [-0.25, -0.2) is 9.18 Å². The van der Waals surface area contributed by atoms with Crippen LogP contribution in [0.4, 0.5) is 23.7 Å². The summed E-state index contributed by atoms with van der Waals surface area (Å²) in [6, 6.07) is 11.7. The molecule has 2 aromatic heterocycles. The van der Waals surface area contributed by atoms with Crippen molar-refractivity contribution in [3.63, 3.8) is 0 Å². The molecule has 0 bridgehead atoms. The van der Waals surface area contributed by atoms with Crippen LogP contribution in [0.5, 0.6) is 0 Å². The van der Waals surface area contributed by atoms with E-state index >= 15 is 4.39 Å². The van der Waals surface area contributed by atoms with Crippen molar-refractivity contribution in [1.82, 2.24) is 19.7 Å². The van der Waals surface area contributed by atoms with Crippen molar-refractivity contribution in [2.75, 3.05) is 18.0 Å². The van der Waals surface area contributed by atoms with Gasteiger partial charge in [0.15, 0.2) is 0 Å². The lowest BCUT2D eigenvalue weighted by atomic mass is 10.1. The quantitative estimate of drug-likeness (QED) is 0.354. The number of carbonyl (C=O) groups is 1. The number of aromatic nitrogens is 3. The van der Waals surface area contributed by atoms with Crippen LogP contribution in [0, 0.1) is 5.82 Å². The van der Waals surface area contributed by atoms with Gasteiger partial charge in [0.2, 0.25) is 5.89 Å². The Bertz CT molecular complexity index is 1360. The zero-order valence-corrected chi connectivity index (χ0v) is 19.1. The first-order chi connectivity index (χ1) is 16.9. The van der Waals surface area contributed by atoms with Crippen LogP contribution in [0.3, 0.4) is 0 Å². The Hall–Kier alpha value is -3.82. The van der Waals surface area contributed by atoms with Crippen molar-refractivity contribution in [2.24, 2.45) is 7.05 Å². The lowest BCUT2D eigenvalue weighted by molar-refractivity contribution is 0.116. The Morgan fingerprint density at radius 2 is 1.89 bits per heavy atom. The first-order valence-electron chi connectivity index (χ1n) is 11.4. The summed E-state index contributed by atoms with van der Waals surface area (Å²) in [5, 5.41) is 7.83. The molecule has 2 aromatic carbocycles. The maximum absolute atomic E-state index is 15.1. The van der Waals surface area contributed by atoms with Crippen LogP contribution in [0.15, 0.2) is 53.1 Å². The minimum Gasteiger partial charge on any atom is -0.415 e. The smallest absolute Gasteiger partial charge is 0.324 e. The zero-order valence-electron chi connectivity index (χ0n) is 19.1. The Kier molecular flexibility index (Phi) is 6.19. The average molecular weight is 483 g/mol. The van der Waals surface area contributed by atoms with Gasteiger partial charge in [-0.2, -0.15) is 8.78 Å². The van der Waals surface area contributed by atoms with E-state index < -0.39 is 18.1 Å². The lowest BCUT2D eigenvalue weighted by Crippen LogP contribution is -2.45. The van der Waals surface area contributed by atoms with Crippen molar-refractivity contribution in [1.29, 1.82) is 0 Å². The van der Waals surface area contributed by atoms with Gasteiger partial charge >= 0.3 is 12.5 Å². The number of benzene rings is 2. The molecule has 7 nitrogen and oxygen atoms in total. The fraction of sp³-hybridized carbons (Fsp3) is 0.320. The van der Waals surface area contributed by atoms with Gasteiger partial charge in [0.05, 0.1) is 6.54 Å². The minimum absolute atomic E-state index is 0.00586. The molecule has 1 fully saturated rings. The van der Waals surface area contributed by atoms with Crippen molar-refractivity contribution >= 4 is 22.6 Å². The van der Waals surface area contributed by atoms with Crippen LogP contribution in [-0.2, 0) is 13.6 Å². The SMILES string of the molecule is Cn1ccc2cc(N(Cc3ccc(-c4nnc(C(F)F)o4)cc3F)C(=O)N3CCCCC3)ccc21. The maximum Gasteiger partial charge on any atom is 0.324 e. The molecule has 4 aromatic rings. The number of likely N-dealkylation sites (tertiary alicyclic amines) is 1. The standard InChI is InChI=1S/C25H24F3N5O2/c1-31-12-9-16-13-19(7-8-21(16)31)33(25(34)32-10-3-2-4-11-32)15-18-6-5-17(14-20(18)26)23-29-30-24(35-23)22(27)28/h5-9,12-14,22H,2-4,10-11,15H2,1H3. The number of hydrogen-bond donors (Lipinski definition) is 0. The highest BCUT2D eigenvalue weighted by molar-refractivity contribution is 5.95. The van der Waals surface area contributed by atoms with Gasteiger partial charge in [0.1, 0.15) is 5.82 Å². The number of aryl methyl sites for hydroxylation is 1. The number of anilines is 1. The molecule has 3 heterocycles. The second-order valence-corrected chi connectivity index (χ2v) is 8.64. The Morgan fingerprint density at radius 3 is 2.60 bits per heavy atom. The van der Waals surface area contributed by atoms with Gasteiger partial charge in [-0.05, 0) is 55.7 Å². The van der Waals surface area contributed by atoms with Gasteiger partial charge in [0.25, 0.3) is 5.89 Å². The second kappa shape index (κ2) is 9.44. The Labute approximate surface area is 199 Å². The molecule has 0 aliphatic carbocycles. The summed E-state index contributed by atoms with van der Waals surface area (Å²) < 4.78 is 47.6. The molecule has 1 saturated heterocycles. The Balaban J connectivity index is 1.46. The largest absolute Gasteiger partial charge is 0.415 e. The van der Waals surface area contributed by atoms with E-state index in [1.165, 1.54) is 12.1 Å². The molecule has 0 radical (unpaired) electrons. The maximum atomic E-state index is 15.1. The fourth-order valence-electron chi connectivity index (χ4n) is 4.38. The second-order valence-electron chi connectivity index (χ2n) is 8.64. The van der Waals surface area contributed by atoms with E-state index in [4.69, 9.17) is 4.42 Å². The zero-order chi connectivity index (χ0) is 24.5. The van der Waals surface area contributed by atoms with E-state index in [1.54, 1.807) is 9.80 Å². The summed E-state index contributed by atoms with van der Waals surface area (Å²) in [7, 11) is 1.95. The number of fused-ring (bicyclic) bond motifs is 1. The first-order valence-corrected chi connectivity index (χ1v) is 11.4. The number of nitrogens with zero attached hydrogens (tertiary/aromatic N) is 5. The monoisotopic (exact) mass is 483 g/mol. The molecule has 1 aliphatic heterocycles. The van der Waals surface area contributed by atoms with Crippen LogP contribution in [0.1, 0.15) is 37.1 Å². The van der Waals surface area contributed by atoms with Gasteiger partial charge in [-0.3, -0.25) is 4.90 Å². The molecule has 35 heavy (non-hydrogen) atoms. The molecular formula is C25H24F3N5O2. The molecular weight excluding hydrogens is 459 g/mol. The van der Waals surface area contributed by atoms with E-state index in [2.05, 4.69) is 10.2 Å².